The van der Waals surface area contributed by atoms with E-state index in [0.29, 0.717) is 0 Å². The molecule has 1 fully saturated rings. The zero-order chi connectivity index (χ0) is 17.9. The Morgan fingerprint density at radius 1 is 1.19 bits per heavy atom. The molecular formula is C20H35IN4O. The minimum atomic E-state index is 0. The van der Waals surface area contributed by atoms with E-state index in [4.69, 9.17) is 4.74 Å². The SMILES string of the molecule is CN=C(NCCCC(C)C)NCc1cccc(CN2CCOCC2)c1.I. The molecule has 6 heteroatoms. The zero-order valence-electron chi connectivity index (χ0n) is 16.5. The number of ether oxygens (including phenoxy) is 1. The minimum absolute atomic E-state index is 0. The summed E-state index contributed by atoms with van der Waals surface area (Å²) in [6.45, 7) is 11.0. The normalized spacial score (nSPS) is 15.6. The molecule has 0 spiro atoms. The van der Waals surface area contributed by atoms with Gasteiger partial charge < -0.3 is 15.4 Å². The molecule has 0 saturated carbocycles. The number of benzene rings is 1. The Bertz CT molecular complexity index is 530. The monoisotopic (exact) mass is 474 g/mol. The summed E-state index contributed by atoms with van der Waals surface area (Å²) in [6, 6.07) is 8.81. The van der Waals surface area contributed by atoms with E-state index in [9.17, 15) is 0 Å². The number of nitrogens with one attached hydrogen (secondary N) is 2. The van der Waals surface area contributed by atoms with Crippen LogP contribution in [-0.4, -0.2) is 50.8 Å². The first kappa shape index (κ1) is 23.2. The Kier molecular flexibility index (Phi) is 11.9. The molecule has 0 aliphatic carbocycles. The van der Waals surface area contributed by atoms with Crippen LogP contribution in [0.2, 0.25) is 0 Å². The number of hydrogen-bond donors (Lipinski definition) is 2. The fourth-order valence-electron chi connectivity index (χ4n) is 2.98. The van der Waals surface area contributed by atoms with E-state index in [1.54, 1.807) is 0 Å². The van der Waals surface area contributed by atoms with E-state index in [1.165, 1.54) is 24.0 Å². The van der Waals surface area contributed by atoms with Crippen molar-refractivity contribution in [2.75, 3.05) is 39.9 Å². The van der Waals surface area contributed by atoms with Crippen molar-refractivity contribution in [1.82, 2.24) is 15.5 Å². The van der Waals surface area contributed by atoms with E-state index in [0.717, 1.165) is 57.8 Å². The van der Waals surface area contributed by atoms with Gasteiger partial charge in [0.25, 0.3) is 0 Å². The summed E-state index contributed by atoms with van der Waals surface area (Å²) in [5.74, 6) is 1.63. The van der Waals surface area contributed by atoms with Crippen LogP contribution >= 0.6 is 24.0 Å². The van der Waals surface area contributed by atoms with E-state index in [-0.39, 0.29) is 24.0 Å². The third-order valence-electron chi connectivity index (χ3n) is 4.44. The average Bonchev–Trinajstić information content (AvgIpc) is 2.62. The van der Waals surface area contributed by atoms with Gasteiger partial charge in [-0.1, -0.05) is 38.1 Å². The van der Waals surface area contributed by atoms with Gasteiger partial charge in [-0.3, -0.25) is 9.89 Å². The Labute approximate surface area is 176 Å². The van der Waals surface area contributed by atoms with E-state index in [1.807, 2.05) is 7.05 Å². The van der Waals surface area contributed by atoms with E-state index >= 15 is 0 Å². The van der Waals surface area contributed by atoms with Crippen LogP contribution in [0.1, 0.15) is 37.8 Å². The number of nitrogens with zero attached hydrogens (tertiary/aromatic N) is 2. The van der Waals surface area contributed by atoms with Crippen molar-refractivity contribution in [3.63, 3.8) is 0 Å². The second kappa shape index (κ2) is 13.3. The molecule has 0 atom stereocenters. The van der Waals surface area contributed by atoms with E-state index < -0.39 is 0 Å². The number of hydrogen-bond acceptors (Lipinski definition) is 3. The first-order chi connectivity index (χ1) is 12.2. The van der Waals surface area contributed by atoms with Crippen LogP contribution in [0.3, 0.4) is 0 Å². The molecular weight excluding hydrogens is 439 g/mol. The van der Waals surface area contributed by atoms with Gasteiger partial charge in [0.1, 0.15) is 0 Å². The molecule has 148 valence electrons. The van der Waals surface area contributed by atoms with Gasteiger partial charge in [-0.2, -0.15) is 0 Å². The van der Waals surface area contributed by atoms with E-state index in [2.05, 4.69) is 58.6 Å². The standard InChI is InChI=1S/C20H34N4O.HI/c1-17(2)6-5-9-22-20(21-3)23-15-18-7-4-8-19(14-18)16-24-10-12-25-13-11-24;/h4,7-8,14,17H,5-6,9-13,15-16H2,1-3H3,(H2,21,22,23);1H. The van der Waals surface area contributed by atoms with Crippen LogP contribution in [0.5, 0.6) is 0 Å². The third-order valence-corrected chi connectivity index (χ3v) is 4.44. The maximum absolute atomic E-state index is 5.42. The highest BCUT2D eigenvalue weighted by Crippen LogP contribution is 2.10. The summed E-state index contributed by atoms with van der Waals surface area (Å²) in [7, 11) is 1.83. The summed E-state index contributed by atoms with van der Waals surface area (Å²) in [5, 5.41) is 6.80. The fourth-order valence-corrected chi connectivity index (χ4v) is 2.98. The fraction of sp³-hybridized carbons (Fsp3) is 0.650. The van der Waals surface area contributed by atoms with Crippen molar-refractivity contribution in [3.05, 3.63) is 35.4 Å². The Morgan fingerprint density at radius 3 is 2.62 bits per heavy atom. The number of aliphatic imine (C=N–C) groups is 1. The number of halogens is 1. The molecule has 0 aromatic heterocycles. The highest BCUT2D eigenvalue weighted by molar-refractivity contribution is 14.0. The van der Waals surface area contributed by atoms with Crippen LogP contribution < -0.4 is 10.6 Å². The van der Waals surface area contributed by atoms with Crippen LogP contribution in [0.15, 0.2) is 29.3 Å². The molecule has 2 N–H and O–H groups in total. The first-order valence-corrected chi connectivity index (χ1v) is 9.50. The van der Waals surface area contributed by atoms with Crippen molar-refractivity contribution in [2.24, 2.45) is 10.9 Å². The van der Waals surface area contributed by atoms with Crippen LogP contribution in [-0.2, 0) is 17.8 Å². The lowest BCUT2D eigenvalue weighted by Crippen LogP contribution is -2.37. The lowest BCUT2D eigenvalue weighted by atomic mass is 10.1. The van der Waals surface area contributed by atoms with Crippen LogP contribution in [0.25, 0.3) is 0 Å². The largest absolute Gasteiger partial charge is 0.379 e. The lowest BCUT2D eigenvalue weighted by Gasteiger charge is -2.26. The molecule has 0 unspecified atom stereocenters. The molecule has 0 bridgehead atoms. The second-order valence-corrected chi connectivity index (χ2v) is 7.10. The van der Waals surface area contributed by atoms with Gasteiger partial charge in [-0.15, -0.1) is 24.0 Å². The Morgan fingerprint density at radius 2 is 1.92 bits per heavy atom. The molecule has 1 aliphatic rings. The van der Waals surface area contributed by atoms with Crippen molar-refractivity contribution in [2.45, 2.75) is 39.8 Å². The lowest BCUT2D eigenvalue weighted by molar-refractivity contribution is 0.0342. The quantitative estimate of drug-likeness (QED) is 0.263. The smallest absolute Gasteiger partial charge is 0.191 e. The van der Waals surface area contributed by atoms with Crippen LogP contribution in [0.4, 0.5) is 0 Å². The summed E-state index contributed by atoms with van der Waals surface area (Å²) in [5.41, 5.74) is 2.65. The predicted molar refractivity (Wildman–Crippen MR) is 120 cm³/mol. The van der Waals surface area contributed by atoms with Gasteiger partial charge in [-0.25, -0.2) is 0 Å². The number of guanidine groups is 1. The van der Waals surface area contributed by atoms with Gasteiger partial charge in [0.2, 0.25) is 0 Å². The number of morpholine rings is 1. The molecule has 0 radical (unpaired) electrons. The summed E-state index contributed by atoms with van der Waals surface area (Å²) in [6.07, 6.45) is 2.42. The molecule has 1 aliphatic heterocycles. The molecule has 1 heterocycles. The zero-order valence-corrected chi connectivity index (χ0v) is 18.8. The second-order valence-electron chi connectivity index (χ2n) is 7.10. The van der Waals surface area contributed by atoms with Gasteiger partial charge in [-0.05, 0) is 29.9 Å². The molecule has 2 rings (SSSR count). The molecule has 5 nitrogen and oxygen atoms in total. The summed E-state index contributed by atoms with van der Waals surface area (Å²) < 4.78 is 5.42. The topological polar surface area (TPSA) is 48.9 Å². The molecule has 0 amide bonds. The van der Waals surface area contributed by atoms with Gasteiger partial charge >= 0.3 is 0 Å². The molecule has 26 heavy (non-hydrogen) atoms. The summed E-state index contributed by atoms with van der Waals surface area (Å²) >= 11 is 0. The van der Waals surface area contributed by atoms with Crippen LogP contribution in [0, 0.1) is 5.92 Å². The van der Waals surface area contributed by atoms with Crippen molar-refractivity contribution >= 4 is 29.9 Å². The predicted octanol–water partition coefficient (Wildman–Crippen LogP) is 3.24. The summed E-state index contributed by atoms with van der Waals surface area (Å²) in [4.78, 5) is 6.76. The molecule has 1 aromatic rings. The third kappa shape index (κ3) is 9.19. The first-order valence-electron chi connectivity index (χ1n) is 9.50. The molecule has 1 aromatic carbocycles. The van der Waals surface area contributed by atoms with Gasteiger partial charge in [0, 0.05) is 39.8 Å². The van der Waals surface area contributed by atoms with Crippen molar-refractivity contribution in [1.29, 1.82) is 0 Å². The maximum atomic E-state index is 5.42. The average molecular weight is 474 g/mol. The van der Waals surface area contributed by atoms with Crippen molar-refractivity contribution in [3.8, 4) is 0 Å². The van der Waals surface area contributed by atoms with Crippen molar-refractivity contribution < 1.29 is 4.74 Å². The highest BCUT2D eigenvalue weighted by Gasteiger charge is 2.10. The minimum Gasteiger partial charge on any atom is -0.379 e. The Hall–Kier alpha value is -0.860. The Balaban J connectivity index is 0.00000338. The maximum Gasteiger partial charge on any atom is 0.191 e. The number of rotatable bonds is 8. The highest BCUT2D eigenvalue weighted by atomic mass is 127. The molecule has 1 saturated heterocycles. The van der Waals surface area contributed by atoms with Gasteiger partial charge in [0.05, 0.1) is 13.2 Å². The van der Waals surface area contributed by atoms with Gasteiger partial charge in [0.15, 0.2) is 5.96 Å².